The van der Waals surface area contributed by atoms with Crippen LogP contribution in [-0.4, -0.2) is 19.1 Å². The maximum absolute atomic E-state index is 3.44. The van der Waals surface area contributed by atoms with Crippen molar-refractivity contribution in [3.63, 3.8) is 0 Å². The number of hydrogen-bond acceptors (Lipinski definition) is 2. The summed E-state index contributed by atoms with van der Waals surface area (Å²) >= 11 is 0. The molecule has 0 fully saturated rings. The molecule has 1 aliphatic rings. The van der Waals surface area contributed by atoms with Gasteiger partial charge < -0.3 is 10.2 Å². The number of hydrogen-bond donors (Lipinski definition) is 1. The normalized spacial score (nSPS) is 15.5. The zero-order chi connectivity index (χ0) is 12.5. The Kier molecular flexibility index (Phi) is 3.43. The molecule has 0 saturated carbocycles. The van der Waals surface area contributed by atoms with E-state index in [-0.39, 0.29) is 5.54 Å². The Balaban J connectivity index is 2.39. The quantitative estimate of drug-likeness (QED) is 0.862. The highest BCUT2D eigenvalue weighted by Crippen LogP contribution is 2.31. The number of nitrogens with one attached hydrogen (secondary N) is 1. The van der Waals surface area contributed by atoms with Crippen LogP contribution in [0.2, 0.25) is 0 Å². The standard InChI is InChI=1S/C15H24N2/c1-5-15(2,3)17(4)14-8-6-7-12-11-16-10-9-13(12)14/h6-8,16H,5,9-11H2,1-4H3. The van der Waals surface area contributed by atoms with Gasteiger partial charge in [0.2, 0.25) is 0 Å². The van der Waals surface area contributed by atoms with Crippen molar-refractivity contribution in [2.24, 2.45) is 0 Å². The van der Waals surface area contributed by atoms with Gasteiger partial charge in [0.15, 0.2) is 0 Å². The summed E-state index contributed by atoms with van der Waals surface area (Å²) in [5.41, 5.74) is 4.64. The molecule has 1 N–H and O–H groups in total. The first kappa shape index (κ1) is 12.4. The van der Waals surface area contributed by atoms with Gasteiger partial charge in [-0.15, -0.1) is 0 Å². The second-order valence-electron chi connectivity index (χ2n) is 5.57. The highest BCUT2D eigenvalue weighted by Gasteiger charge is 2.24. The van der Waals surface area contributed by atoms with Crippen LogP contribution >= 0.6 is 0 Å². The van der Waals surface area contributed by atoms with Crippen LogP contribution in [0, 0.1) is 0 Å². The summed E-state index contributed by atoms with van der Waals surface area (Å²) in [5.74, 6) is 0. The van der Waals surface area contributed by atoms with Crippen LogP contribution in [-0.2, 0) is 13.0 Å². The van der Waals surface area contributed by atoms with E-state index in [1.807, 2.05) is 0 Å². The number of fused-ring (bicyclic) bond motifs is 1. The predicted octanol–water partition coefficient (Wildman–Crippen LogP) is 2.96. The Labute approximate surface area is 105 Å². The molecule has 0 aliphatic carbocycles. The van der Waals surface area contributed by atoms with Crippen LogP contribution in [0.15, 0.2) is 18.2 Å². The fraction of sp³-hybridized carbons (Fsp3) is 0.600. The third kappa shape index (κ3) is 2.32. The van der Waals surface area contributed by atoms with E-state index in [9.17, 15) is 0 Å². The number of rotatable bonds is 3. The van der Waals surface area contributed by atoms with Crippen molar-refractivity contribution in [2.45, 2.75) is 45.7 Å². The lowest BCUT2D eigenvalue weighted by molar-refractivity contribution is 0.468. The fourth-order valence-electron chi connectivity index (χ4n) is 2.39. The van der Waals surface area contributed by atoms with E-state index in [1.165, 1.54) is 16.8 Å². The Morgan fingerprint density at radius 1 is 1.35 bits per heavy atom. The molecule has 0 saturated heterocycles. The molecule has 0 radical (unpaired) electrons. The lowest BCUT2D eigenvalue weighted by Crippen LogP contribution is -2.41. The first-order valence-corrected chi connectivity index (χ1v) is 6.61. The summed E-state index contributed by atoms with van der Waals surface area (Å²) < 4.78 is 0. The summed E-state index contributed by atoms with van der Waals surface area (Å²) in [6.45, 7) is 9.00. The van der Waals surface area contributed by atoms with Gasteiger partial charge in [-0.2, -0.15) is 0 Å². The van der Waals surface area contributed by atoms with Gasteiger partial charge in [0.05, 0.1) is 0 Å². The Morgan fingerprint density at radius 3 is 2.82 bits per heavy atom. The van der Waals surface area contributed by atoms with Crippen LogP contribution in [0.4, 0.5) is 5.69 Å². The van der Waals surface area contributed by atoms with E-state index in [0.29, 0.717) is 0 Å². The monoisotopic (exact) mass is 232 g/mol. The molecule has 2 heteroatoms. The predicted molar refractivity (Wildman–Crippen MR) is 74.6 cm³/mol. The minimum Gasteiger partial charge on any atom is -0.369 e. The number of anilines is 1. The van der Waals surface area contributed by atoms with Gasteiger partial charge >= 0.3 is 0 Å². The highest BCUT2D eigenvalue weighted by atomic mass is 15.2. The van der Waals surface area contributed by atoms with Gasteiger partial charge in [-0.3, -0.25) is 0 Å². The van der Waals surface area contributed by atoms with Crippen LogP contribution in [0.1, 0.15) is 38.3 Å². The SMILES string of the molecule is CCC(C)(C)N(C)c1cccc2c1CCNC2. The zero-order valence-electron chi connectivity index (χ0n) is 11.5. The van der Waals surface area contributed by atoms with E-state index >= 15 is 0 Å². The molecule has 0 atom stereocenters. The minimum absolute atomic E-state index is 0.222. The molecular weight excluding hydrogens is 208 g/mol. The molecule has 0 aromatic heterocycles. The van der Waals surface area contributed by atoms with Crippen molar-refractivity contribution >= 4 is 5.69 Å². The molecule has 94 valence electrons. The number of benzene rings is 1. The maximum atomic E-state index is 3.44. The van der Waals surface area contributed by atoms with E-state index < -0.39 is 0 Å². The zero-order valence-corrected chi connectivity index (χ0v) is 11.5. The van der Waals surface area contributed by atoms with Crippen molar-refractivity contribution in [3.05, 3.63) is 29.3 Å². The largest absolute Gasteiger partial charge is 0.369 e. The molecule has 2 nitrogen and oxygen atoms in total. The van der Waals surface area contributed by atoms with Gasteiger partial charge in [-0.05, 0) is 50.4 Å². The van der Waals surface area contributed by atoms with Crippen molar-refractivity contribution in [3.8, 4) is 0 Å². The summed E-state index contributed by atoms with van der Waals surface area (Å²) in [6.07, 6.45) is 2.31. The van der Waals surface area contributed by atoms with Crippen molar-refractivity contribution < 1.29 is 0 Å². The van der Waals surface area contributed by atoms with Crippen LogP contribution < -0.4 is 10.2 Å². The van der Waals surface area contributed by atoms with Crippen LogP contribution in [0.5, 0.6) is 0 Å². The average Bonchev–Trinajstić information content (AvgIpc) is 2.37. The second-order valence-corrected chi connectivity index (χ2v) is 5.57. The fourth-order valence-corrected chi connectivity index (χ4v) is 2.39. The third-order valence-corrected chi connectivity index (χ3v) is 4.25. The number of nitrogens with zero attached hydrogens (tertiary/aromatic N) is 1. The van der Waals surface area contributed by atoms with Crippen LogP contribution in [0.3, 0.4) is 0 Å². The van der Waals surface area contributed by atoms with E-state index in [2.05, 4.69) is 56.2 Å². The van der Waals surface area contributed by atoms with Gasteiger partial charge in [0.25, 0.3) is 0 Å². The topological polar surface area (TPSA) is 15.3 Å². The van der Waals surface area contributed by atoms with Gasteiger partial charge in [0.1, 0.15) is 0 Å². The average molecular weight is 232 g/mol. The molecule has 1 aromatic rings. The van der Waals surface area contributed by atoms with Crippen molar-refractivity contribution in [1.82, 2.24) is 5.32 Å². The molecule has 17 heavy (non-hydrogen) atoms. The van der Waals surface area contributed by atoms with Crippen molar-refractivity contribution in [2.75, 3.05) is 18.5 Å². The lowest BCUT2D eigenvalue weighted by atomic mass is 9.94. The van der Waals surface area contributed by atoms with E-state index in [1.54, 1.807) is 0 Å². The molecule has 0 amide bonds. The third-order valence-electron chi connectivity index (χ3n) is 4.25. The smallest absolute Gasteiger partial charge is 0.0404 e. The summed E-state index contributed by atoms with van der Waals surface area (Å²) in [4.78, 5) is 2.44. The molecule has 0 unspecified atom stereocenters. The Hall–Kier alpha value is -1.02. The molecule has 0 bridgehead atoms. The summed E-state index contributed by atoms with van der Waals surface area (Å²) in [6, 6.07) is 6.70. The first-order chi connectivity index (χ1) is 8.06. The molecule has 1 heterocycles. The molecular formula is C15H24N2. The Morgan fingerprint density at radius 2 is 2.12 bits per heavy atom. The van der Waals surface area contributed by atoms with E-state index in [4.69, 9.17) is 0 Å². The van der Waals surface area contributed by atoms with Crippen molar-refractivity contribution in [1.29, 1.82) is 0 Å². The Bertz CT molecular complexity index is 396. The van der Waals surface area contributed by atoms with Gasteiger partial charge in [-0.1, -0.05) is 19.1 Å². The summed E-state index contributed by atoms with van der Waals surface area (Å²) in [7, 11) is 2.22. The summed E-state index contributed by atoms with van der Waals surface area (Å²) in [5, 5.41) is 3.44. The minimum atomic E-state index is 0.222. The first-order valence-electron chi connectivity index (χ1n) is 6.61. The van der Waals surface area contributed by atoms with Gasteiger partial charge in [0, 0.05) is 24.8 Å². The van der Waals surface area contributed by atoms with Gasteiger partial charge in [-0.25, -0.2) is 0 Å². The molecule has 1 aliphatic heterocycles. The maximum Gasteiger partial charge on any atom is 0.0404 e. The van der Waals surface area contributed by atoms with Crippen LogP contribution in [0.25, 0.3) is 0 Å². The van der Waals surface area contributed by atoms with E-state index in [0.717, 1.165) is 25.9 Å². The molecule has 0 spiro atoms. The lowest BCUT2D eigenvalue weighted by Gasteiger charge is -2.39. The molecule has 1 aromatic carbocycles. The highest BCUT2D eigenvalue weighted by molar-refractivity contribution is 5.58. The second kappa shape index (κ2) is 4.69. The molecule has 2 rings (SSSR count).